The highest BCUT2D eigenvalue weighted by Gasteiger charge is 2.24. The molecule has 0 spiro atoms. The number of piperidine rings is 1. The Morgan fingerprint density at radius 3 is 3.00 bits per heavy atom. The van der Waals surface area contributed by atoms with Gasteiger partial charge in [0, 0.05) is 26.2 Å². The van der Waals surface area contributed by atoms with Crippen molar-refractivity contribution in [1.29, 1.82) is 0 Å². The first-order valence-electron chi connectivity index (χ1n) is 6.82. The molecule has 0 radical (unpaired) electrons. The Hall–Kier alpha value is -0.650. The zero-order chi connectivity index (χ0) is 13.4. The molecule has 5 nitrogen and oxygen atoms in total. The molecule has 1 saturated heterocycles. The first kappa shape index (κ1) is 15.4. The van der Waals surface area contributed by atoms with Gasteiger partial charge in [0.25, 0.3) is 0 Å². The summed E-state index contributed by atoms with van der Waals surface area (Å²) in [5.41, 5.74) is 0. The summed E-state index contributed by atoms with van der Waals surface area (Å²) in [5.74, 6) is 0.750. The second-order valence-electron chi connectivity index (χ2n) is 5.06. The summed E-state index contributed by atoms with van der Waals surface area (Å²) in [7, 11) is 3.64. The van der Waals surface area contributed by atoms with Gasteiger partial charge in [-0.3, -0.25) is 9.69 Å². The Bertz CT molecular complexity index is 248. The molecular weight excluding hydrogens is 230 g/mol. The predicted octanol–water partition coefficient (Wildman–Crippen LogP) is 0.0689. The van der Waals surface area contributed by atoms with Gasteiger partial charge in [0.05, 0.1) is 13.2 Å². The van der Waals surface area contributed by atoms with Crippen molar-refractivity contribution in [2.24, 2.45) is 5.92 Å². The Balaban J connectivity index is 2.27. The smallest absolute Gasteiger partial charge is 0.234 e. The van der Waals surface area contributed by atoms with Crippen molar-refractivity contribution in [2.45, 2.75) is 25.8 Å². The number of ether oxygens (including phenoxy) is 1. The minimum Gasteiger partial charge on any atom is -0.383 e. The van der Waals surface area contributed by atoms with Gasteiger partial charge in [-0.1, -0.05) is 0 Å². The summed E-state index contributed by atoms with van der Waals surface area (Å²) in [6, 6.07) is 0.518. The van der Waals surface area contributed by atoms with Crippen LogP contribution in [0.25, 0.3) is 0 Å². The molecule has 5 heteroatoms. The van der Waals surface area contributed by atoms with Gasteiger partial charge < -0.3 is 15.4 Å². The van der Waals surface area contributed by atoms with Crippen LogP contribution in [0.4, 0.5) is 0 Å². The maximum atomic E-state index is 11.7. The van der Waals surface area contributed by atoms with E-state index in [9.17, 15) is 4.79 Å². The van der Waals surface area contributed by atoms with Crippen LogP contribution in [0.5, 0.6) is 0 Å². The van der Waals surface area contributed by atoms with E-state index in [2.05, 4.69) is 22.5 Å². The maximum Gasteiger partial charge on any atom is 0.234 e. The monoisotopic (exact) mass is 257 g/mol. The Labute approximate surface area is 110 Å². The summed E-state index contributed by atoms with van der Waals surface area (Å²) in [4.78, 5) is 14.0. The first-order valence-corrected chi connectivity index (χ1v) is 6.82. The molecule has 0 saturated carbocycles. The maximum absolute atomic E-state index is 11.7. The molecule has 0 aromatic rings. The van der Waals surface area contributed by atoms with Gasteiger partial charge in [0.2, 0.25) is 5.91 Å². The Morgan fingerprint density at radius 2 is 2.33 bits per heavy atom. The number of nitrogens with zero attached hydrogens (tertiary/aromatic N) is 1. The van der Waals surface area contributed by atoms with Gasteiger partial charge in [-0.15, -0.1) is 0 Å². The van der Waals surface area contributed by atoms with Crippen LogP contribution in [-0.2, 0) is 9.53 Å². The lowest BCUT2D eigenvalue weighted by Crippen LogP contribution is -2.47. The van der Waals surface area contributed by atoms with Crippen LogP contribution in [-0.4, -0.2) is 63.8 Å². The van der Waals surface area contributed by atoms with Crippen molar-refractivity contribution in [2.75, 3.05) is 46.9 Å². The van der Waals surface area contributed by atoms with Gasteiger partial charge in [-0.2, -0.15) is 0 Å². The number of carbonyl (C=O) groups excluding carboxylic acids is 1. The van der Waals surface area contributed by atoms with E-state index in [0.717, 1.165) is 13.1 Å². The normalized spacial score (nSPS) is 22.7. The van der Waals surface area contributed by atoms with Crippen molar-refractivity contribution in [1.82, 2.24) is 15.5 Å². The number of nitrogens with one attached hydrogen (secondary N) is 2. The molecule has 18 heavy (non-hydrogen) atoms. The molecule has 1 aliphatic rings. The molecule has 0 aromatic carbocycles. The zero-order valence-corrected chi connectivity index (χ0v) is 11.9. The molecule has 0 bridgehead atoms. The average molecular weight is 257 g/mol. The van der Waals surface area contributed by atoms with Crippen molar-refractivity contribution < 1.29 is 9.53 Å². The van der Waals surface area contributed by atoms with E-state index in [1.165, 1.54) is 12.8 Å². The Kier molecular flexibility index (Phi) is 7.23. The minimum absolute atomic E-state index is 0.102. The minimum atomic E-state index is 0.102. The van der Waals surface area contributed by atoms with Crippen LogP contribution in [0.2, 0.25) is 0 Å². The van der Waals surface area contributed by atoms with Gasteiger partial charge in [0.15, 0.2) is 0 Å². The molecule has 106 valence electrons. The fraction of sp³-hybridized carbons (Fsp3) is 0.923. The third-order valence-corrected chi connectivity index (χ3v) is 3.70. The first-order chi connectivity index (χ1) is 8.67. The van der Waals surface area contributed by atoms with E-state index in [0.29, 0.717) is 31.7 Å². The van der Waals surface area contributed by atoms with Crippen molar-refractivity contribution in [3.63, 3.8) is 0 Å². The highest BCUT2D eigenvalue weighted by molar-refractivity contribution is 5.77. The van der Waals surface area contributed by atoms with Gasteiger partial charge in [0.1, 0.15) is 0 Å². The molecule has 0 aromatic heterocycles. The molecule has 2 unspecified atom stereocenters. The lowest BCUT2D eigenvalue weighted by Gasteiger charge is -2.35. The summed E-state index contributed by atoms with van der Waals surface area (Å²) < 4.78 is 4.91. The molecule has 1 amide bonds. The summed E-state index contributed by atoms with van der Waals surface area (Å²) in [6.45, 7) is 5.94. The van der Waals surface area contributed by atoms with E-state index in [-0.39, 0.29) is 5.91 Å². The number of amides is 1. The molecule has 1 heterocycles. The number of hydrogen-bond donors (Lipinski definition) is 2. The summed E-state index contributed by atoms with van der Waals surface area (Å²) in [5, 5.41) is 6.17. The van der Waals surface area contributed by atoms with Crippen molar-refractivity contribution >= 4 is 5.91 Å². The number of likely N-dealkylation sites (tertiary alicyclic amines) is 1. The number of carbonyl (C=O) groups is 1. The lowest BCUT2D eigenvalue weighted by molar-refractivity contribution is -0.122. The van der Waals surface area contributed by atoms with Crippen LogP contribution in [0.1, 0.15) is 19.8 Å². The molecule has 1 aliphatic heterocycles. The van der Waals surface area contributed by atoms with E-state index < -0.39 is 0 Å². The second-order valence-corrected chi connectivity index (χ2v) is 5.06. The lowest BCUT2D eigenvalue weighted by atomic mass is 9.92. The number of hydrogen-bond acceptors (Lipinski definition) is 4. The standard InChI is InChI=1S/C13H27N3O2/c1-11(14-2)12-5-4-7-16(9-12)10-13(17)15-6-8-18-3/h11-12,14H,4-10H2,1-3H3,(H,15,17). The van der Waals surface area contributed by atoms with E-state index in [4.69, 9.17) is 4.74 Å². The predicted molar refractivity (Wildman–Crippen MR) is 72.6 cm³/mol. The largest absolute Gasteiger partial charge is 0.383 e. The third-order valence-electron chi connectivity index (χ3n) is 3.70. The average Bonchev–Trinajstić information content (AvgIpc) is 2.38. The summed E-state index contributed by atoms with van der Waals surface area (Å²) >= 11 is 0. The molecule has 2 atom stereocenters. The van der Waals surface area contributed by atoms with E-state index in [1.807, 2.05) is 7.05 Å². The molecule has 1 rings (SSSR count). The summed E-state index contributed by atoms with van der Waals surface area (Å²) in [6.07, 6.45) is 2.44. The van der Waals surface area contributed by atoms with Crippen LogP contribution in [0.3, 0.4) is 0 Å². The van der Waals surface area contributed by atoms with Crippen LogP contribution in [0, 0.1) is 5.92 Å². The van der Waals surface area contributed by atoms with Gasteiger partial charge in [-0.25, -0.2) is 0 Å². The van der Waals surface area contributed by atoms with Crippen molar-refractivity contribution in [3.05, 3.63) is 0 Å². The number of methoxy groups -OCH3 is 1. The fourth-order valence-corrected chi connectivity index (χ4v) is 2.43. The highest BCUT2D eigenvalue weighted by Crippen LogP contribution is 2.19. The molecule has 1 fully saturated rings. The molecular formula is C13H27N3O2. The second kappa shape index (κ2) is 8.45. The molecule has 2 N–H and O–H groups in total. The number of rotatable bonds is 7. The highest BCUT2D eigenvalue weighted by atomic mass is 16.5. The molecule has 0 aliphatic carbocycles. The topological polar surface area (TPSA) is 53.6 Å². The van der Waals surface area contributed by atoms with Crippen LogP contribution < -0.4 is 10.6 Å². The quantitative estimate of drug-likeness (QED) is 0.634. The fourth-order valence-electron chi connectivity index (χ4n) is 2.43. The van der Waals surface area contributed by atoms with Gasteiger partial charge >= 0.3 is 0 Å². The Morgan fingerprint density at radius 1 is 1.56 bits per heavy atom. The third kappa shape index (κ3) is 5.33. The zero-order valence-electron chi connectivity index (χ0n) is 11.9. The van der Waals surface area contributed by atoms with Gasteiger partial charge in [-0.05, 0) is 39.3 Å². The van der Waals surface area contributed by atoms with E-state index >= 15 is 0 Å². The van der Waals surface area contributed by atoms with Crippen LogP contribution in [0.15, 0.2) is 0 Å². The van der Waals surface area contributed by atoms with Crippen molar-refractivity contribution in [3.8, 4) is 0 Å². The SMILES string of the molecule is CNC(C)C1CCCN(CC(=O)NCCOC)C1. The van der Waals surface area contributed by atoms with E-state index in [1.54, 1.807) is 7.11 Å². The van der Waals surface area contributed by atoms with Crippen LogP contribution >= 0.6 is 0 Å².